The largest absolute Gasteiger partial charge is 0.497 e. The summed E-state index contributed by atoms with van der Waals surface area (Å²) < 4.78 is 46.1. The van der Waals surface area contributed by atoms with Gasteiger partial charge >= 0.3 is 5.97 Å². The zero-order chi connectivity index (χ0) is 42.0. The van der Waals surface area contributed by atoms with Crippen LogP contribution in [0.3, 0.4) is 0 Å². The number of Topliss-reactive ketones (excluding diaryl/α,β-unsaturated/α-hetero) is 1. The van der Waals surface area contributed by atoms with Crippen LogP contribution in [0.2, 0.25) is 0 Å². The molecule has 1 saturated heterocycles. The predicted molar refractivity (Wildman–Crippen MR) is 222 cm³/mol. The summed E-state index contributed by atoms with van der Waals surface area (Å²) in [7, 11) is 1.41. The number of esters is 1. The summed E-state index contributed by atoms with van der Waals surface area (Å²) in [6, 6.07) is 6.56. The zero-order valence-corrected chi connectivity index (χ0v) is 36.1. The van der Waals surface area contributed by atoms with Crippen LogP contribution in [0.5, 0.6) is 11.6 Å². The van der Waals surface area contributed by atoms with E-state index in [1.165, 1.54) is 6.42 Å². The van der Waals surface area contributed by atoms with Crippen molar-refractivity contribution in [1.82, 2.24) is 14.6 Å². The summed E-state index contributed by atoms with van der Waals surface area (Å²) in [4.78, 5) is 65.9. The number of ketones is 1. The van der Waals surface area contributed by atoms with E-state index in [1.807, 2.05) is 62.3 Å². The third-order valence-corrected chi connectivity index (χ3v) is 16.6. The van der Waals surface area contributed by atoms with Crippen LogP contribution in [0.25, 0.3) is 10.8 Å². The van der Waals surface area contributed by atoms with Gasteiger partial charge in [0, 0.05) is 32.3 Å². The quantitative estimate of drug-likeness (QED) is 0.222. The van der Waals surface area contributed by atoms with Crippen LogP contribution in [-0.4, -0.2) is 92.6 Å². The molecule has 3 heterocycles. The molecule has 4 aliphatic carbocycles. The summed E-state index contributed by atoms with van der Waals surface area (Å²) >= 11 is 0. The Morgan fingerprint density at radius 2 is 1.76 bits per heavy atom. The number of ether oxygens (including phenoxy) is 3. The Labute approximate surface area is 348 Å². The molecule has 10 atom stereocenters. The Kier molecular flexibility index (Phi) is 11.0. The van der Waals surface area contributed by atoms with Gasteiger partial charge in [0.2, 0.25) is 27.7 Å². The average molecular weight is 833 g/mol. The lowest BCUT2D eigenvalue weighted by molar-refractivity contribution is -0.155. The smallest absolute Gasteiger partial charge is 0.306 e. The van der Waals surface area contributed by atoms with E-state index in [1.54, 1.807) is 18.9 Å². The highest BCUT2D eigenvalue weighted by Crippen LogP contribution is 2.58. The number of nitrogens with zero attached hydrogens (tertiary/aromatic N) is 3. The molecule has 8 rings (SSSR count). The lowest BCUT2D eigenvalue weighted by atomic mass is 9.82. The number of carbonyl (C=O) groups excluding carboxylic acids is 4. The molecule has 1 aromatic carbocycles. The SMILES string of the molecule is COc1ccc2c(O[C@@H]3C[C@H]4C(=O)C[C@]5(C(=O)NS(=O)(=O)C6(C)CC6)C[C@H]5/C=C\CC[C@H](C)C[C@@H](C)[C@H](CC(=O)OC5C[C@@H]6C[C@@H]6C5)C(=O)N4C3)nc(N(C)C)cc2c1. The molecule has 4 saturated carbocycles. The summed E-state index contributed by atoms with van der Waals surface area (Å²) in [6.45, 7) is 5.85. The van der Waals surface area contributed by atoms with E-state index in [0.717, 1.165) is 36.5 Å². The average Bonchev–Trinajstić information content (AvgIpc) is 4.14. The number of amides is 2. The van der Waals surface area contributed by atoms with E-state index in [9.17, 15) is 22.8 Å². The summed E-state index contributed by atoms with van der Waals surface area (Å²) in [5, 5.41) is 1.58. The van der Waals surface area contributed by atoms with E-state index in [0.29, 0.717) is 55.0 Å². The van der Waals surface area contributed by atoms with Crippen molar-refractivity contribution >= 4 is 50.2 Å². The monoisotopic (exact) mass is 832 g/mol. The van der Waals surface area contributed by atoms with Gasteiger partial charge in [0.15, 0.2) is 5.78 Å². The van der Waals surface area contributed by atoms with Crippen molar-refractivity contribution in [2.45, 2.75) is 121 Å². The fourth-order valence-electron chi connectivity index (χ4n) is 10.0. The van der Waals surface area contributed by atoms with Crippen molar-refractivity contribution in [3.8, 4) is 11.6 Å². The number of fused-ring (bicyclic) bond motifs is 4. The number of methoxy groups -OCH3 is 1. The molecule has 59 heavy (non-hydrogen) atoms. The molecule has 1 aromatic heterocycles. The first-order valence-electron chi connectivity index (χ1n) is 21.6. The molecular weight excluding hydrogens is 773 g/mol. The van der Waals surface area contributed by atoms with Crippen LogP contribution in [0.4, 0.5) is 5.82 Å². The van der Waals surface area contributed by atoms with Gasteiger partial charge in [0.05, 0.1) is 42.2 Å². The minimum Gasteiger partial charge on any atom is -0.497 e. The van der Waals surface area contributed by atoms with Crippen LogP contribution in [0, 0.1) is 40.9 Å². The van der Waals surface area contributed by atoms with Gasteiger partial charge in [-0.2, -0.15) is 4.98 Å². The third kappa shape index (κ3) is 8.44. The number of carbonyl (C=O) groups is 4. The van der Waals surface area contributed by atoms with Crippen molar-refractivity contribution in [3.05, 3.63) is 36.4 Å². The number of rotatable bonds is 10. The maximum atomic E-state index is 15.1. The first-order valence-corrected chi connectivity index (χ1v) is 23.1. The lowest BCUT2D eigenvalue weighted by Gasteiger charge is -2.32. The van der Waals surface area contributed by atoms with Crippen LogP contribution in [0.15, 0.2) is 36.4 Å². The number of aromatic nitrogens is 1. The highest BCUT2D eigenvalue weighted by atomic mass is 32.2. The van der Waals surface area contributed by atoms with E-state index < -0.39 is 50.1 Å². The van der Waals surface area contributed by atoms with E-state index in [4.69, 9.17) is 19.2 Å². The Morgan fingerprint density at radius 3 is 2.46 bits per heavy atom. The van der Waals surface area contributed by atoms with Crippen LogP contribution in [0.1, 0.15) is 97.8 Å². The van der Waals surface area contributed by atoms with E-state index >= 15 is 4.79 Å². The lowest BCUT2D eigenvalue weighted by Crippen LogP contribution is -2.48. The van der Waals surface area contributed by atoms with Gasteiger partial charge in [0.1, 0.15) is 23.8 Å². The molecule has 0 bridgehead atoms. The Balaban J connectivity index is 1.12. The van der Waals surface area contributed by atoms with Crippen molar-refractivity contribution in [2.24, 2.45) is 40.9 Å². The maximum Gasteiger partial charge on any atom is 0.306 e. The number of pyridine rings is 1. The molecule has 14 heteroatoms. The van der Waals surface area contributed by atoms with Gasteiger partial charge in [0.25, 0.3) is 0 Å². The topological polar surface area (TPSA) is 162 Å². The van der Waals surface area contributed by atoms with Gasteiger partial charge in [-0.1, -0.05) is 26.0 Å². The molecule has 1 N–H and O–H groups in total. The van der Waals surface area contributed by atoms with Gasteiger partial charge in [-0.15, -0.1) is 0 Å². The second-order valence-corrected chi connectivity index (χ2v) is 21.4. The summed E-state index contributed by atoms with van der Waals surface area (Å²) in [6.07, 6.45) is 9.50. The number of allylic oxidation sites excluding steroid dienone is 2. The molecule has 2 aliphatic heterocycles. The van der Waals surface area contributed by atoms with Crippen molar-refractivity contribution < 1.29 is 41.8 Å². The minimum atomic E-state index is -3.96. The standard InChI is InChI=1S/C45H60N4O9S/c1-26-9-7-8-10-31-23-45(31,43(53)47-59(54,55)44(3)13-14-44)24-38(50)37-21-34(58-41-35-12-11-32(56-6)19-30(35)20-39(46-41)48(4)5)25-49(37)42(52)36(27(2)15-26)22-40(51)57-33-17-28-16-29(28)18-33/h8,10-12,19-20,26-29,31,33-34,36-37H,7,9,13-18,21-25H2,1-6H3,(H,47,53)/b10-8-/t26-,27+,28-,29+,31+,33?,34+,36-,37-,45+/m0/s1. The normalized spacial score (nSPS) is 34.3. The molecule has 0 spiro atoms. The second-order valence-electron chi connectivity index (χ2n) is 19.2. The maximum absolute atomic E-state index is 15.1. The van der Waals surface area contributed by atoms with Crippen LogP contribution < -0.4 is 19.1 Å². The minimum absolute atomic E-state index is 0.0653. The Morgan fingerprint density at radius 1 is 1.02 bits per heavy atom. The van der Waals surface area contributed by atoms with Crippen molar-refractivity contribution in [1.29, 1.82) is 0 Å². The first-order chi connectivity index (χ1) is 28.0. The van der Waals surface area contributed by atoms with Gasteiger partial charge in [-0.05, 0) is 124 Å². The highest BCUT2D eigenvalue weighted by Gasteiger charge is 2.63. The van der Waals surface area contributed by atoms with Crippen molar-refractivity contribution in [3.63, 3.8) is 0 Å². The molecule has 5 fully saturated rings. The molecule has 1 unspecified atom stereocenters. The number of hydrogen-bond acceptors (Lipinski definition) is 11. The Bertz CT molecular complexity index is 2140. The molecule has 0 radical (unpaired) electrons. The molecule has 320 valence electrons. The number of nitrogens with one attached hydrogen (secondary N) is 1. The second kappa shape index (κ2) is 15.7. The highest BCUT2D eigenvalue weighted by molar-refractivity contribution is 7.91. The van der Waals surface area contributed by atoms with E-state index in [2.05, 4.69) is 11.6 Å². The molecule has 6 aliphatic rings. The molecule has 13 nitrogen and oxygen atoms in total. The fraction of sp³-hybridized carbons (Fsp3) is 0.667. The number of hydrogen-bond donors (Lipinski definition) is 1. The first kappa shape index (κ1) is 41.5. The van der Waals surface area contributed by atoms with Crippen molar-refractivity contribution in [2.75, 3.05) is 32.6 Å². The molecule has 2 aromatic rings. The number of anilines is 1. The summed E-state index contributed by atoms with van der Waals surface area (Å²) in [5.74, 6) is 0.201. The third-order valence-electron chi connectivity index (χ3n) is 14.4. The zero-order valence-electron chi connectivity index (χ0n) is 35.3. The predicted octanol–water partition coefficient (Wildman–Crippen LogP) is 5.98. The van der Waals surface area contributed by atoms with E-state index in [-0.39, 0.29) is 61.4 Å². The van der Waals surface area contributed by atoms with Gasteiger partial charge in [-0.25, -0.2) is 8.42 Å². The number of sulfonamides is 1. The Hall–Kier alpha value is -4.20. The fourth-order valence-corrected chi connectivity index (χ4v) is 11.4. The molecular formula is C45H60N4O9S. The van der Waals surface area contributed by atoms with Crippen LogP contribution in [-0.2, 0) is 33.9 Å². The van der Waals surface area contributed by atoms with Gasteiger partial charge in [-0.3, -0.25) is 23.9 Å². The van der Waals surface area contributed by atoms with Gasteiger partial charge < -0.3 is 24.0 Å². The van der Waals surface area contributed by atoms with Crippen LogP contribution >= 0.6 is 0 Å². The number of benzene rings is 1. The molecule has 2 amide bonds. The summed E-state index contributed by atoms with van der Waals surface area (Å²) in [5.41, 5.74) is -1.26.